The van der Waals surface area contributed by atoms with Gasteiger partial charge < -0.3 is 10.8 Å². The van der Waals surface area contributed by atoms with Crippen LogP contribution in [-0.2, 0) is 0 Å². The zero-order valence-corrected chi connectivity index (χ0v) is 8.35. The minimum atomic E-state index is -1.12. The number of aromatic carboxylic acids is 1. The maximum atomic E-state index is 13.1. The van der Waals surface area contributed by atoms with Crippen LogP contribution in [0.4, 0.5) is 10.1 Å². The van der Waals surface area contributed by atoms with Gasteiger partial charge in [-0.1, -0.05) is 0 Å². The summed E-state index contributed by atoms with van der Waals surface area (Å²) in [7, 11) is 0. The number of nitrogens with two attached hydrogens (primary N) is 1. The average molecular weight is 248 g/mol. The smallest absolute Gasteiger partial charge is 0.336 e. The van der Waals surface area contributed by atoms with E-state index in [4.69, 9.17) is 10.8 Å². The largest absolute Gasteiger partial charge is 0.478 e. The lowest BCUT2D eigenvalue weighted by atomic mass is 10.1. The molecule has 70 valence electrons. The van der Waals surface area contributed by atoms with Gasteiger partial charge in [-0.05, 0) is 34.5 Å². The SMILES string of the molecule is Cc1c(C(=O)O)cc(Br)c(F)c1N. The molecule has 0 amide bonds. The molecule has 1 rings (SSSR count). The van der Waals surface area contributed by atoms with Gasteiger partial charge in [0.25, 0.3) is 0 Å². The molecule has 0 aliphatic rings. The summed E-state index contributed by atoms with van der Waals surface area (Å²) in [6.07, 6.45) is 0. The lowest BCUT2D eigenvalue weighted by molar-refractivity contribution is 0.0696. The minimum absolute atomic E-state index is 0.00535. The van der Waals surface area contributed by atoms with Crippen molar-refractivity contribution in [3.8, 4) is 0 Å². The molecule has 0 fully saturated rings. The van der Waals surface area contributed by atoms with Gasteiger partial charge in [-0.3, -0.25) is 0 Å². The van der Waals surface area contributed by atoms with Crippen molar-refractivity contribution in [2.75, 3.05) is 5.73 Å². The molecule has 0 atom stereocenters. The van der Waals surface area contributed by atoms with Crippen molar-refractivity contribution in [3.05, 3.63) is 27.5 Å². The summed E-state index contributed by atoms with van der Waals surface area (Å²) in [4.78, 5) is 10.6. The van der Waals surface area contributed by atoms with Crippen LogP contribution in [0, 0.1) is 12.7 Å². The van der Waals surface area contributed by atoms with E-state index in [1.165, 1.54) is 13.0 Å². The second-order valence-electron chi connectivity index (χ2n) is 2.56. The molecule has 1 aromatic carbocycles. The molecule has 3 N–H and O–H groups in total. The van der Waals surface area contributed by atoms with Crippen molar-refractivity contribution < 1.29 is 14.3 Å². The molecule has 0 aromatic heterocycles. The van der Waals surface area contributed by atoms with Crippen LogP contribution in [0.15, 0.2) is 10.5 Å². The number of anilines is 1. The van der Waals surface area contributed by atoms with Crippen LogP contribution < -0.4 is 5.73 Å². The first kappa shape index (κ1) is 9.98. The third kappa shape index (κ3) is 1.65. The Morgan fingerprint density at radius 3 is 2.69 bits per heavy atom. The van der Waals surface area contributed by atoms with Crippen molar-refractivity contribution >= 4 is 27.6 Å². The minimum Gasteiger partial charge on any atom is -0.478 e. The Bertz CT molecular complexity index is 379. The van der Waals surface area contributed by atoms with Crippen LogP contribution in [0.5, 0.6) is 0 Å². The fraction of sp³-hybridized carbons (Fsp3) is 0.125. The second kappa shape index (κ2) is 3.33. The van der Waals surface area contributed by atoms with E-state index in [2.05, 4.69) is 15.9 Å². The number of hydrogen-bond acceptors (Lipinski definition) is 2. The Balaban J connectivity index is 3.50. The molecule has 0 saturated heterocycles. The van der Waals surface area contributed by atoms with Crippen LogP contribution in [0.3, 0.4) is 0 Å². The molecule has 0 spiro atoms. The summed E-state index contributed by atoms with van der Waals surface area (Å²) in [5.41, 5.74) is 5.47. The van der Waals surface area contributed by atoms with E-state index < -0.39 is 11.8 Å². The standard InChI is InChI=1S/C8H7BrFNO2/c1-3-4(8(12)13)2-5(9)6(10)7(3)11/h2H,11H2,1H3,(H,12,13). The van der Waals surface area contributed by atoms with Gasteiger partial charge in [0, 0.05) is 0 Å². The Kier molecular flexibility index (Phi) is 2.56. The van der Waals surface area contributed by atoms with E-state index in [-0.39, 0.29) is 21.3 Å². The predicted molar refractivity (Wildman–Crippen MR) is 50.2 cm³/mol. The van der Waals surface area contributed by atoms with Crippen LogP contribution >= 0.6 is 15.9 Å². The molecule has 0 aliphatic heterocycles. The molecule has 0 radical (unpaired) electrons. The normalized spacial score (nSPS) is 10.1. The first-order valence-electron chi connectivity index (χ1n) is 3.42. The summed E-state index contributed by atoms with van der Waals surface area (Å²) in [6, 6.07) is 1.20. The van der Waals surface area contributed by atoms with Crippen molar-refractivity contribution in [1.29, 1.82) is 0 Å². The fourth-order valence-electron chi connectivity index (χ4n) is 0.959. The number of benzene rings is 1. The van der Waals surface area contributed by atoms with Gasteiger partial charge in [-0.25, -0.2) is 9.18 Å². The van der Waals surface area contributed by atoms with Gasteiger partial charge in [0.2, 0.25) is 0 Å². The molecule has 0 bridgehead atoms. The Morgan fingerprint density at radius 1 is 1.69 bits per heavy atom. The molecular weight excluding hydrogens is 241 g/mol. The monoisotopic (exact) mass is 247 g/mol. The maximum absolute atomic E-state index is 13.1. The van der Waals surface area contributed by atoms with E-state index in [0.717, 1.165) is 0 Å². The topological polar surface area (TPSA) is 63.3 Å². The summed E-state index contributed by atoms with van der Waals surface area (Å²) < 4.78 is 13.1. The summed E-state index contributed by atoms with van der Waals surface area (Å²) >= 11 is 2.88. The highest BCUT2D eigenvalue weighted by molar-refractivity contribution is 9.10. The van der Waals surface area contributed by atoms with Crippen molar-refractivity contribution in [3.63, 3.8) is 0 Å². The number of nitrogen functional groups attached to an aromatic ring is 1. The summed E-state index contributed by atoms with van der Waals surface area (Å²) in [5.74, 6) is -1.74. The van der Waals surface area contributed by atoms with Crippen LogP contribution in [0.2, 0.25) is 0 Å². The highest BCUT2D eigenvalue weighted by atomic mass is 79.9. The molecule has 3 nitrogen and oxygen atoms in total. The van der Waals surface area contributed by atoms with Crippen molar-refractivity contribution in [2.45, 2.75) is 6.92 Å². The highest BCUT2D eigenvalue weighted by Gasteiger charge is 2.15. The van der Waals surface area contributed by atoms with Gasteiger partial charge in [-0.2, -0.15) is 0 Å². The predicted octanol–water partition coefficient (Wildman–Crippen LogP) is 2.18. The van der Waals surface area contributed by atoms with E-state index in [1.54, 1.807) is 0 Å². The molecule has 0 aliphatic carbocycles. The highest BCUT2D eigenvalue weighted by Crippen LogP contribution is 2.27. The molecular formula is C8H7BrFNO2. The quantitative estimate of drug-likeness (QED) is 0.748. The molecule has 13 heavy (non-hydrogen) atoms. The number of carbonyl (C=O) groups is 1. The van der Waals surface area contributed by atoms with Crippen LogP contribution in [-0.4, -0.2) is 11.1 Å². The molecule has 0 heterocycles. The van der Waals surface area contributed by atoms with Crippen molar-refractivity contribution in [1.82, 2.24) is 0 Å². The number of carboxylic acid groups (broad SMARTS) is 1. The lowest BCUT2D eigenvalue weighted by Crippen LogP contribution is -2.05. The Labute approximate surface area is 82.5 Å². The molecule has 1 aromatic rings. The summed E-state index contributed by atoms with van der Waals surface area (Å²) in [6.45, 7) is 1.47. The number of hydrogen-bond donors (Lipinski definition) is 2. The van der Waals surface area contributed by atoms with Gasteiger partial charge in [0.05, 0.1) is 15.7 Å². The third-order valence-electron chi connectivity index (χ3n) is 1.76. The van der Waals surface area contributed by atoms with Crippen molar-refractivity contribution in [2.24, 2.45) is 0 Å². The fourth-order valence-corrected chi connectivity index (χ4v) is 1.40. The second-order valence-corrected chi connectivity index (χ2v) is 3.42. The zero-order chi connectivity index (χ0) is 10.2. The van der Waals surface area contributed by atoms with Crippen LogP contribution in [0.1, 0.15) is 15.9 Å². The van der Waals surface area contributed by atoms with E-state index >= 15 is 0 Å². The Hall–Kier alpha value is -1.10. The number of halogens is 2. The maximum Gasteiger partial charge on any atom is 0.336 e. The number of carboxylic acids is 1. The van der Waals surface area contributed by atoms with E-state index in [9.17, 15) is 9.18 Å². The molecule has 5 heteroatoms. The lowest BCUT2D eigenvalue weighted by Gasteiger charge is -2.06. The average Bonchev–Trinajstić information content (AvgIpc) is 2.07. The molecule has 0 saturated carbocycles. The van der Waals surface area contributed by atoms with Gasteiger partial charge in [0.15, 0.2) is 5.82 Å². The third-order valence-corrected chi connectivity index (χ3v) is 2.33. The van der Waals surface area contributed by atoms with Gasteiger partial charge in [-0.15, -0.1) is 0 Å². The first-order valence-corrected chi connectivity index (χ1v) is 4.21. The molecule has 0 unspecified atom stereocenters. The van der Waals surface area contributed by atoms with E-state index in [1.807, 2.05) is 0 Å². The summed E-state index contributed by atoms with van der Waals surface area (Å²) in [5, 5.41) is 8.71. The van der Waals surface area contributed by atoms with Gasteiger partial charge >= 0.3 is 5.97 Å². The number of rotatable bonds is 1. The van der Waals surface area contributed by atoms with Gasteiger partial charge in [0.1, 0.15) is 0 Å². The van der Waals surface area contributed by atoms with E-state index in [0.29, 0.717) is 0 Å². The zero-order valence-electron chi connectivity index (χ0n) is 6.77. The van der Waals surface area contributed by atoms with Crippen LogP contribution in [0.25, 0.3) is 0 Å². The Morgan fingerprint density at radius 2 is 2.23 bits per heavy atom. The first-order chi connectivity index (χ1) is 5.95.